The van der Waals surface area contributed by atoms with Crippen LogP contribution in [-0.4, -0.2) is 38.4 Å². The number of phenolic OH excluding ortho intramolecular Hbond substituents is 2. The highest BCUT2D eigenvalue weighted by Crippen LogP contribution is 2.35. The number of benzene rings is 2. The predicted molar refractivity (Wildman–Crippen MR) is 221 cm³/mol. The zero-order valence-electron chi connectivity index (χ0n) is 33.2. The molecule has 53 heavy (non-hydrogen) atoms. The largest absolute Gasteiger partial charge is 0.507 e. The maximum atomic E-state index is 10.8. The van der Waals surface area contributed by atoms with Crippen molar-refractivity contribution in [2.24, 2.45) is 0 Å². The molecule has 0 aliphatic carbocycles. The maximum absolute atomic E-state index is 10.8. The molecule has 8 heteroatoms. The van der Waals surface area contributed by atoms with Crippen LogP contribution in [0.25, 0.3) is 22.8 Å². The molecule has 0 aliphatic rings. The Morgan fingerprint density at radius 3 is 1.04 bits per heavy atom. The highest BCUT2D eigenvalue weighted by Gasteiger charge is 2.16. The number of aromatic nitrogens is 3. The summed E-state index contributed by atoms with van der Waals surface area (Å²) < 4.78 is 11.8. The first kappa shape index (κ1) is 44.3. The molecule has 3 aromatic rings. The summed E-state index contributed by atoms with van der Waals surface area (Å²) >= 11 is 6.29. The fraction of sp³-hybridized carbons (Fsp3) is 0.667. The van der Waals surface area contributed by atoms with Crippen LogP contribution in [0, 0.1) is 0 Å². The van der Waals surface area contributed by atoms with Crippen molar-refractivity contribution in [3.63, 3.8) is 0 Å². The summed E-state index contributed by atoms with van der Waals surface area (Å²) in [5.41, 5.74) is 0.808. The van der Waals surface area contributed by atoms with Gasteiger partial charge < -0.3 is 19.7 Å². The molecule has 0 atom stereocenters. The lowest BCUT2D eigenvalue weighted by atomic mass is 10.0. The van der Waals surface area contributed by atoms with Gasteiger partial charge in [-0.25, -0.2) is 4.98 Å². The van der Waals surface area contributed by atoms with E-state index in [-0.39, 0.29) is 28.4 Å². The molecule has 0 saturated carbocycles. The average molecular weight is 753 g/mol. The molecule has 0 unspecified atom stereocenters. The summed E-state index contributed by atoms with van der Waals surface area (Å²) in [5, 5.41) is 21.6. The summed E-state index contributed by atoms with van der Waals surface area (Å²) in [7, 11) is 0. The van der Waals surface area contributed by atoms with E-state index in [1.165, 1.54) is 141 Å². The van der Waals surface area contributed by atoms with E-state index >= 15 is 0 Å². The minimum Gasteiger partial charge on any atom is -0.507 e. The highest BCUT2D eigenvalue weighted by atomic mass is 35.5. The molecule has 0 amide bonds. The number of ether oxygens (including phenoxy) is 2. The van der Waals surface area contributed by atoms with Gasteiger partial charge in [-0.15, -0.1) is 0 Å². The van der Waals surface area contributed by atoms with Crippen molar-refractivity contribution < 1.29 is 19.7 Å². The standard InChI is InChI=1S/C45H70ClN3O4/c1-3-5-7-9-11-13-15-17-19-21-23-25-27-33-52-37-29-31-39(41(50)35-37)43-47-44(49-45(46)48-43)40-32-30-38(36-42(40)51)53-34-28-26-24-22-20-18-16-14-12-10-8-6-4-2/h29-32,35-36,50-51H,3-28,33-34H2,1-2H3. The Bertz CT molecular complexity index is 1290. The Morgan fingerprint density at radius 2 is 0.736 bits per heavy atom. The molecule has 0 fully saturated rings. The summed E-state index contributed by atoms with van der Waals surface area (Å²) in [6.45, 7) is 5.75. The average Bonchev–Trinajstić information content (AvgIpc) is 3.15. The molecule has 1 aromatic heterocycles. The second kappa shape index (κ2) is 28.4. The van der Waals surface area contributed by atoms with Gasteiger partial charge in [-0.3, -0.25) is 0 Å². The molecule has 0 saturated heterocycles. The molecular formula is C45H70ClN3O4. The third-order valence-electron chi connectivity index (χ3n) is 10.1. The highest BCUT2D eigenvalue weighted by molar-refractivity contribution is 6.28. The van der Waals surface area contributed by atoms with Gasteiger partial charge in [0.25, 0.3) is 0 Å². The topological polar surface area (TPSA) is 97.6 Å². The number of aromatic hydroxyl groups is 2. The Labute approximate surface area is 326 Å². The van der Waals surface area contributed by atoms with E-state index in [2.05, 4.69) is 28.8 Å². The number of hydrogen-bond acceptors (Lipinski definition) is 7. The van der Waals surface area contributed by atoms with Crippen molar-refractivity contribution in [2.45, 2.75) is 181 Å². The number of phenols is 2. The fourth-order valence-electron chi connectivity index (χ4n) is 6.79. The van der Waals surface area contributed by atoms with E-state index in [9.17, 15) is 10.2 Å². The molecule has 0 bridgehead atoms. The molecule has 0 aliphatic heterocycles. The van der Waals surface area contributed by atoms with Crippen molar-refractivity contribution in [1.82, 2.24) is 15.0 Å². The predicted octanol–water partition coefficient (Wildman–Crippen LogP) is 14.2. The molecule has 296 valence electrons. The van der Waals surface area contributed by atoms with Crippen LogP contribution in [0.5, 0.6) is 23.0 Å². The molecule has 0 spiro atoms. The first-order valence-electron chi connectivity index (χ1n) is 21.4. The van der Waals surface area contributed by atoms with Gasteiger partial charge in [-0.2, -0.15) is 9.97 Å². The number of rotatable bonds is 32. The van der Waals surface area contributed by atoms with Crippen molar-refractivity contribution >= 4 is 11.6 Å². The van der Waals surface area contributed by atoms with Gasteiger partial charge in [0.1, 0.15) is 23.0 Å². The van der Waals surface area contributed by atoms with Gasteiger partial charge >= 0.3 is 0 Å². The van der Waals surface area contributed by atoms with E-state index in [0.717, 1.165) is 25.7 Å². The Balaban J connectivity index is 1.34. The van der Waals surface area contributed by atoms with Gasteiger partial charge in [0.15, 0.2) is 11.6 Å². The Kier molecular flexibility index (Phi) is 23.8. The van der Waals surface area contributed by atoms with E-state index < -0.39 is 0 Å². The van der Waals surface area contributed by atoms with Crippen molar-refractivity contribution in [1.29, 1.82) is 0 Å². The third-order valence-corrected chi connectivity index (χ3v) is 10.2. The molecule has 3 rings (SSSR count). The monoisotopic (exact) mass is 752 g/mol. The van der Waals surface area contributed by atoms with E-state index in [1.54, 1.807) is 36.4 Å². The van der Waals surface area contributed by atoms with Crippen molar-refractivity contribution in [3.05, 3.63) is 41.7 Å². The number of hydrogen-bond donors (Lipinski definition) is 2. The zero-order chi connectivity index (χ0) is 37.8. The molecule has 0 radical (unpaired) electrons. The van der Waals surface area contributed by atoms with Crippen LogP contribution < -0.4 is 9.47 Å². The molecule has 2 N–H and O–H groups in total. The zero-order valence-corrected chi connectivity index (χ0v) is 33.9. The van der Waals surface area contributed by atoms with Gasteiger partial charge in [0.05, 0.1) is 24.3 Å². The number of nitrogens with zero attached hydrogens (tertiary/aromatic N) is 3. The Morgan fingerprint density at radius 1 is 0.434 bits per heavy atom. The van der Waals surface area contributed by atoms with Crippen LogP contribution in [0.3, 0.4) is 0 Å². The lowest BCUT2D eigenvalue weighted by molar-refractivity contribution is 0.302. The van der Waals surface area contributed by atoms with Crippen LogP contribution in [-0.2, 0) is 0 Å². The summed E-state index contributed by atoms with van der Waals surface area (Å²) in [6.07, 6.45) is 34.0. The van der Waals surface area contributed by atoms with E-state index in [1.807, 2.05) is 0 Å². The Hall–Kier alpha value is -3.06. The maximum Gasteiger partial charge on any atom is 0.226 e. The molecule has 7 nitrogen and oxygen atoms in total. The van der Waals surface area contributed by atoms with Crippen LogP contribution in [0.4, 0.5) is 0 Å². The lowest BCUT2D eigenvalue weighted by Crippen LogP contribution is -2.00. The van der Waals surface area contributed by atoms with Crippen LogP contribution in [0.1, 0.15) is 181 Å². The van der Waals surface area contributed by atoms with Gasteiger partial charge in [0, 0.05) is 12.1 Å². The van der Waals surface area contributed by atoms with Gasteiger partial charge in [-0.05, 0) is 48.7 Å². The lowest BCUT2D eigenvalue weighted by Gasteiger charge is -2.11. The van der Waals surface area contributed by atoms with Crippen LogP contribution >= 0.6 is 11.6 Å². The van der Waals surface area contributed by atoms with Gasteiger partial charge in [0.2, 0.25) is 5.28 Å². The van der Waals surface area contributed by atoms with Crippen LogP contribution in [0.2, 0.25) is 5.28 Å². The van der Waals surface area contributed by atoms with Crippen molar-refractivity contribution in [2.75, 3.05) is 13.2 Å². The second-order valence-corrected chi connectivity index (χ2v) is 15.1. The first-order chi connectivity index (χ1) is 26.0. The molecule has 1 heterocycles. The number of halogens is 1. The van der Waals surface area contributed by atoms with Crippen molar-refractivity contribution in [3.8, 4) is 45.8 Å². The summed E-state index contributed by atoms with van der Waals surface area (Å²) in [6, 6.07) is 10.2. The summed E-state index contributed by atoms with van der Waals surface area (Å²) in [4.78, 5) is 13.0. The first-order valence-corrected chi connectivity index (χ1v) is 21.7. The normalized spacial score (nSPS) is 11.3. The fourth-order valence-corrected chi connectivity index (χ4v) is 6.95. The second-order valence-electron chi connectivity index (χ2n) is 14.8. The smallest absolute Gasteiger partial charge is 0.226 e. The quantitative estimate of drug-likeness (QED) is 0.0613. The summed E-state index contributed by atoms with van der Waals surface area (Å²) in [5.74, 6) is 1.59. The van der Waals surface area contributed by atoms with Gasteiger partial charge in [-0.1, -0.05) is 168 Å². The molecule has 2 aromatic carbocycles. The molecular weight excluding hydrogens is 682 g/mol. The minimum atomic E-state index is -0.0331. The van der Waals surface area contributed by atoms with E-state index in [0.29, 0.717) is 35.8 Å². The minimum absolute atomic E-state index is 0.0118. The number of unbranched alkanes of at least 4 members (excludes halogenated alkanes) is 24. The SMILES string of the molecule is CCCCCCCCCCCCCCCOc1ccc(-c2nc(Cl)nc(-c3ccc(OCCCCCCCCCCCCCCC)cc3O)n2)c(O)c1. The van der Waals surface area contributed by atoms with E-state index in [4.69, 9.17) is 21.1 Å². The third kappa shape index (κ3) is 19.2. The van der Waals surface area contributed by atoms with Crippen LogP contribution in [0.15, 0.2) is 36.4 Å².